The zero-order valence-corrected chi connectivity index (χ0v) is 11.5. The molecule has 0 spiro atoms. The van der Waals surface area contributed by atoms with E-state index in [1.54, 1.807) is 6.08 Å². The first kappa shape index (κ1) is 15.0. The molecular formula is C17H20O2. The molecule has 0 radical (unpaired) electrons. The van der Waals surface area contributed by atoms with E-state index in [9.17, 15) is 4.79 Å². The molecule has 2 heteroatoms. The van der Waals surface area contributed by atoms with E-state index in [1.807, 2.05) is 62.4 Å². The van der Waals surface area contributed by atoms with Gasteiger partial charge in [0.15, 0.2) is 0 Å². The Morgan fingerprint density at radius 3 is 2.53 bits per heavy atom. The molecule has 0 unspecified atom stereocenters. The molecular weight excluding hydrogens is 236 g/mol. The maximum atomic E-state index is 11.5. The Labute approximate surface area is 115 Å². The summed E-state index contributed by atoms with van der Waals surface area (Å²) >= 11 is 0. The number of hydrogen-bond acceptors (Lipinski definition) is 2. The number of allylic oxidation sites excluding steroid dienone is 3. The molecule has 100 valence electrons. The first-order valence-corrected chi connectivity index (χ1v) is 6.66. The van der Waals surface area contributed by atoms with Gasteiger partial charge in [-0.1, -0.05) is 50.3 Å². The predicted molar refractivity (Wildman–Crippen MR) is 79.4 cm³/mol. The lowest BCUT2D eigenvalue weighted by molar-refractivity contribution is -0.133. The van der Waals surface area contributed by atoms with Gasteiger partial charge in [-0.2, -0.15) is 0 Å². The van der Waals surface area contributed by atoms with E-state index in [4.69, 9.17) is 4.74 Å². The van der Waals surface area contributed by atoms with Crippen LogP contribution in [0.5, 0.6) is 0 Å². The second kappa shape index (κ2) is 8.92. The van der Waals surface area contributed by atoms with Gasteiger partial charge >= 0.3 is 5.97 Å². The molecule has 0 atom stereocenters. The largest absolute Gasteiger partial charge is 0.424 e. The first-order valence-electron chi connectivity index (χ1n) is 6.66. The van der Waals surface area contributed by atoms with Crippen molar-refractivity contribution in [2.45, 2.75) is 26.7 Å². The number of hydrogen-bond donors (Lipinski definition) is 0. The molecule has 1 aromatic rings. The highest BCUT2D eigenvalue weighted by Crippen LogP contribution is 2.11. The van der Waals surface area contributed by atoms with Crippen LogP contribution in [0.25, 0.3) is 6.08 Å². The van der Waals surface area contributed by atoms with Crippen molar-refractivity contribution in [3.05, 3.63) is 66.0 Å². The van der Waals surface area contributed by atoms with E-state index in [0.29, 0.717) is 5.76 Å². The SMILES string of the molecule is CC.O=C(/C=C/c1ccccc1)OC1=CCCC=C1. The number of benzene rings is 1. The molecule has 1 aliphatic rings. The second-order valence-electron chi connectivity index (χ2n) is 3.75. The molecule has 0 aromatic heterocycles. The van der Waals surface area contributed by atoms with E-state index >= 15 is 0 Å². The number of rotatable bonds is 3. The Morgan fingerprint density at radius 1 is 1.16 bits per heavy atom. The molecule has 0 amide bonds. The van der Waals surface area contributed by atoms with Gasteiger partial charge < -0.3 is 4.74 Å². The van der Waals surface area contributed by atoms with Gasteiger partial charge in [0, 0.05) is 6.08 Å². The van der Waals surface area contributed by atoms with Crippen LogP contribution in [-0.4, -0.2) is 5.97 Å². The summed E-state index contributed by atoms with van der Waals surface area (Å²) in [5.74, 6) is 0.297. The van der Waals surface area contributed by atoms with Gasteiger partial charge in [-0.15, -0.1) is 0 Å². The standard InChI is InChI=1S/C15H14O2.C2H6/c16-15(17-14-9-5-2-6-10-14)12-11-13-7-3-1-4-8-13;1-2/h1,3-5,7-12H,2,6H2;1-2H3/b12-11+;. The summed E-state index contributed by atoms with van der Waals surface area (Å²) < 4.78 is 5.16. The average Bonchev–Trinajstić information content (AvgIpc) is 2.49. The summed E-state index contributed by atoms with van der Waals surface area (Å²) in [4.78, 5) is 11.5. The van der Waals surface area contributed by atoms with E-state index in [-0.39, 0.29) is 5.97 Å². The molecule has 2 nitrogen and oxygen atoms in total. The van der Waals surface area contributed by atoms with Crippen LogP contribution in [0.4, 0.5) is 0 Å². The fourth-order valence-corrected chi connectivity index (χ4v) is 1.54. The minimum absolute atomic E-state index is 0.341. The minimum atomic E-state index is -0.341. The summed E-state index contributed by atoms with van der Waals surface area (Å²) in [5, 5.41) is 0. The number of ether oxygens (including phenoxy) is 1. The molecule has 0 saturated carbocycles. The monoisotopic (exact) mass is 256 g/mol. The number of carbonyl (C=O) groups excluding carboxylic acids is 1. The van der Waals surface area contributed by atoms with Crippen molar-refractivity contribution in [2.75, 3.05) is 0 Å². The van der Waals surface area contributed by atoms with Crippen molar-refractivity contribution in [3.8, 4) is 0 Å². The lowest BCUT2D eigenvalue weighted by atomic mass is 10.2. The lowest BCUT2D eigenvalue weighted by Gasteiger charge is -2.05. The van der Waals surface area contributed by atoms with Crippen molar-refractivity contribution < 1.29 is 9.53 Å². The normalized spacial score (nSPS) is 13.5. The minimum Gasteiger partial charge on any atom is -0.424 e. The fraction of sp³-hybridized carbons (Fsp3) is 0.235. The van der Waals surface area contributed by atoms with Crippen LogP contribution >= 0.6 is 0 Å². The van der Waals surface area contributed by atoms with Crippen LogP contribution < -0.4 is 0 Å². The van der Waals surface area contributed by atoms with Crippen molar-refractivity contribution in [1.29, 1.82) is 0 Å². The molecule has 2 rings (SSSR count). The summed E-state index contributed by atoms with van der Waals surface area (Å²) in [6, 6.07) is 9.66. The van der Waals surface area contributed by atoms with Crippen molar-refractivity contribution >= 4 is 12.0 Å². The van der Waals surface area contributed by atoms with Crippen LogP contribution in [0.3, 0.4) is 0 Å². The summed E-state index contributed by atoms with van der Waals surface area (Å²) in [6.07, 6.45) is 10.9. The third-order valence-corrected chi connectivity index (χ3v) is 2.39. The van der Waals surface area contributed by atoms with Gasteiger partial charge in [0.1, 0.15) is 5.76 Å². The fourth-order valence-electron chi connectivity index (χ4n) is 1.54. The van der Waals surface area contributed by atoms with E-state index in [2.05, 4.69) is 0 Å². The van der Waals surface area contributed by atoms with Gasteiger partial charge in [-0.25, -0.2) is 4.79 Å². The lowest BCUT2D eigenvalue weighted by Crippen LogP contribution is -2.00. The first-order chi connectivity index (χ1) is 9.34. The molecule has 0 fully saturated rings. The molecule has 0 saturated heterocycles. The summed E-state index contributed by atoms with van der Waals surface area (Å²) in [7, 11) is 0. The van der Waals surface area contributed by atoms with Gasteiger partial charge in [-0.3, -0.25) is 0 Å². The summed E-state index contributed by atoms with van der Waals surface area (Å²) in [5.41, 5.74) is 0.984. The van der Waals surface area contributed by atoms with Gasteiger partial charge in [0.05, 0.1) is 0 Å². The Bertz CT molecular complexity index is 467. The third-order valence-electron chi connectivity index (χ3n) is 2.39. The highest BCUT2D eigenvalue weighted by molar-refractivity contribution is 5.87. The maximum absolute atomic E-state index is 11.5. The Kier molecular flexibility index (Phi) is 7.03. The van der Waals surface area contributed by atoms with Crippen LogP contribution in [-0.2, 0) is 9.53 Å². The van der Waals surface area contributed by atoms with Crippen molar-refractivity contribution in [1.82, 2.24) is 0 Å². The molecule has 19 heavy (non-hydrogen) atoms. The molecule has 1 aliphatic carbocycles. The Morgan fingerprint density at radius 2 is 1.89 bits per heavy atom. The van der Waals surface area contributed by atoms with Crippen LogP contribution in [0.15, 0.2) is 60.4 Å². The molecule has 1 aromatic carbocycles. The smallest absolute Gasteiger partial charge is 0.336 e. The maximum Gasteiger partial charge on any atom is 0.336 e. The second-order valence-corrected chi connectivity index (χ2v) is 3.75. The topological polar surface area (TPSA) is 26.3 Å². The van der Waals surface area contributed by atoms with Crippen LogP contribution in [0, 0.1) is 0 Å². The quantitative estimate of drug-likeness (QED) is 0.587. The van der Waals surface area contributed by atoms with E-state index in [1.165, 1.54) is 6.08 Å². The Balaban J connectivity index is 0.000000861. The molecule has 0 aliphatic heterocycles. The van der Waals surface area contributed by atoms with Crippen molar-refractivity contribution in [3.63, 3.8) is 0 Å². The average molecular weight is 256 g/mol. The molecule has 0 heterocycles. The summed E-state index contributed by atoms with van der Waals surface area (Å²) in [6.45, 7) is 4.00. The van der Waals surface area contributed by atoms with Crippen LogP contribution in [0.2, 0.25) is 0 Å². The Hall–Kier alpha value is -2.09. The molecule has 0 N–H and O–H groups in total. The number of esters is 1. The zero-order valence-electron chi connectivity index (χ0n) is 11.5. The predicted octanol–water partition coefficient (Wildman–Crippen LogP) is 4.50. The third kappa shape index (κ3) is 5.87. The van der Waals surface area contributed by atoms with Gasteiger partial charge in [-0.05, 0) is 36.6 Å². The van der Waals surface area contributed by atoms with Crippen molar-refractivity contribution in [2.24, 2.45) is 0 Å². The highest BCUT2D eigenvalue weighted by atomic mass is 16.5. The van der Waals surface area contributed by atoms with E-state index < -0.39 is 0 Å². The number of carbonyl (C=O) groups is 1. The van der Waals surface area contributed by atoms with Gasteiger partial charge in [0.2, 0.25) is 0 Å². The van der Waals surface area contributed by atoms with E-state index in [0.717, 1.165) is 18.4 Å². The zero-order chi connectivity index (χ0) is 13.9. The highest BCUT2D eigenvalue weighted by Gasteiger charge is 2.02. The molecule has 0 bridgehead atoms. The van der Waals surface area contributed by atoms with Gasteiger partial charge in [0.25, 0.3) is 0 Å². The van der Waals surface area contributed by atoms with Crippen LogP contribution in [0.1, 0.15) is 32.3 Å².